The van der Waals surface area contributed by atoms with Gasteiger partial charge in [0.1, 0.15) is 0 Å². The van der Waals surface area contributed by atoms with Crippen molar-refractivity contribution in [2.45, 2.75) is 18.2 Å². The van der Waals surface area contributed by atoms with Gasteiger partial charge in [0, 0.05) is 17.7 Å². The minimum absolute atomic E-state index is 0.138. The molecule has 0 bridgehead atoms. The van der Waals surface area contributed by atoms with Crippen LogP contribution >= 0.6 is 0 Å². The van der Waals surface area contributed by atoms with Crippen molar-refractivity contribution in [3.63, 3.8) is 0 Å². The van der Waals surface area contributed by atoms with Gasteiger partial charge in [-0.1, -0.05) is 60.7 Å². The molecule has 0 fully saturated rings. The molecular weight excluding hydrogens is 468 g/mol. The average Bonchev–Trinajstić information content (AvgIpc) is 3.25. The van der Waals surface area contributed by atoms with Gasteiger partial charge in [-0.2, -0.15) is 0 Å². The standard InChI is InChI=1S/C26H22N2O6S/c1-2-34-26(29)18-25-23(19-9-5-3-6-10-19)17-24(20-11-7-4-8-12-20)27(25)35(32,33)22-15-13-21(14-16-22)28(30)31/h3-17H,2,18H2,1H3. The van der Waals surface area contributed by atoms with Gasteiger partial charge < -0.3 is 4.74 Å². The number of esters is 1. The fraction of sp³-hybridized carbons (Fsp3) is 0.115. The van der Waals surface area contributed by atoms with E-state index in [2.05, 4.69) is 0 Å². The number of nitro benzene ring substituents is 1. The summed E-state index contributed by atoms with van der Waals surface area (Å²) < 4.78 is 34.2. The topological polar surface area (TPSA) is 109 Å². The molecule has 1 heterocycles. The zero-order chi connectivity index (χ0) is 25.0. The highest BCUT2D eigenvalue weighted by molar-refractivity contribution is 7.90. The molecule has 0 unspecified atom stereocenters. The molecule has 3 aromatic carbocycles. The second-order valence-electron chi connectivity index (χ2n) is 7.62. The second-order valence-corrected chi connectivity index (χ2v) is 9.41. The smallest absolute Gasteiger partial charge is 0.311 e. The van der Waals surface area contributed by atoms with Crippen LogP contribution in [0.1, 0.15) is 12.6 Å². The maximum atomic E-state index is 14.0. The van der Waals surface area contributed by atoms with Crippen molar-refractivity contribution in [2.75, 3.05) is 6.61 Å². The average molecular weight is 491 g/mol. The van der Waals surface area contributed by atoms with E-state index in [1.807, 2.05) is 36.4 Å². The fourth-order valence-electron chi connectivity index (χ4n) is 3.85. The van der Waals surface area contributed by atoms with E-state index in [1.165, 1.54) is 12.1 Å². The lowest BCUT2D eigenvalue weighted by Gasteiger charge is -2.15. The highest BCUT2D eigenvalue weighted by Gasteiger charge is 2.29. The largest absolute Gasteiger partial charge is 0.466 e. The number of carbonyl (C=O) groups excluding carboxylic acids is 1. The van der Waals surface area contributed by atoms with E-state index in [4.69, 9.17) is 4.74 Å². The Balaban J connectivity index is 2.01. The molecule has 4 rings (SSSR count). The highest BCUT2D eigenvalue weighted by atomic mass is 32.2. The summed E-state index contributed by atoms with van der Waals surface area (Å²) in [5.74, 6) is -0.567. The Hall–Kier alpha value is -4.24. The molecule has 0 radical (unpaired) electrons. The lowest BCUT2D eigenvalue weighted by Crippen LogP contribution is -2.20. The van der Waals surface area contributed by atoms with Crippen molar-refractivity contribution in [2.24, 2.45) is 0 Å². The number of aromatic nitrogens is 1. The van der Waals surface area contributed by atoms with Crippen LogP contribution in [0.2, 0.25) is 0 Å². The molecule has 0 aliphatic carbocycles. The first-order chi connectivity index (χ1) is 16.8. The van der Waals surface area contributed by atoms with Crippen LogP contribution < -0.4 is 0 Å². The van der Waals surface area contributed by atoms with Crippen molar-refractivity contribution >= 4 is 21.7 Å². The van der Waals surface area contributed by atoms with E-state index >= 15 is 0 Å². The number of ether oxygens (including phenoxy) is 1. The number of nitro groups is 1. The van der Waals surface area contributed by atoms with Gasteiger partial charge in [0.2, 0.25) is 0 Å². The van der Waals surface area contributed by atoms with Gasteiger partial charge >= 0.3 is 5.97 Å². The summed E-state index contributed by atoms with van der Waals surface area (Å²) in [6.45, 7) is 1.83. The van der Waals surface area contributed by atoms with E-state index in [9.17, 15) is 23.3 Å². The molecule has 0 amide bonds. The first-order valence-electron chi connectivity index (χ1n) is 10.8. The van der Waals surface area contributed by atoms with E-state index in [-0.39, 0.29) is 29.3 Å². The predicted octanol–water partition coefficient (Wildman–Crippen LogP) is 5.07. The summed E-state index contributed by atoms with van der Waals surface area (Å²) in [4.78, 5) is 22.9. The van der Waals surface area contributed by atoms with Crippen LogP contribution in [0, 0.1) is 10.1 Å². The molecule has 0 spiro atoms. The zero-order valence-corrected chi connectivity index (χ0v) is 19.6. The molecule has 178 valence electrons. The number of hydrogen-bond acceptors (Lipinski definition) is 6. The summed E-state index contributed by atoms with van der Waals surface area (Å²) in [7, 11) is -4.25. The van der Waals surface area contributed by atoms with Gasteiger partial charge in [0.05, 0.1) is 34.2 Å². The van der Waals surface area contributed by atoms with Crippen LogP contribution in [0.5, 0.6) is 0 Å². The van der Waals surface area contributed by atoms with Gasteiger partial charge in [0.25, 0.3) is 15.7 Å². The Morgan fingerprint density at radius 1 is 0.914 bits per heavy atom. The normalized spacial score (nSPS) is 11.2. The quantitative estimate of drug-likeness (QED) is 0.194. The van der Waals surface area contributed by atoms with Crippen LogP contribution in [0.3, 0.4) is 0 Å². The minimum Gasteiger partial charge on any atom is -0.466 e. The molecule has 0 atom stereocenters. The molecule has 0 aliphatic heterocycles. The molecule has 1 aromatic heterocycles. The van der Waals surface area contributed by atoms with E-state index in [0.29, 0.717) is 16.8 Å². The van der Waals surface area contributed by atoms with Gasteiger partial charge in [-0.3, -0.25) is 14.9 Å². The molecule has 0 N–H and O–H groups in total. The van der Waals surface area contributed by atoms with Gasteiger partial charge in [-0.25, -0.2) is 12.4 Å². The summed E-state index contributed by atoms with van der Waals surface area (Å²) in [6.07, 6.45) is -0.281. The number of benzene rings is 3. The molecule has 9 heteroatoms. The van der Waals surface area contributed by atoms with Crippen molar-refractivity contribution in [1.82, 2.24) is 3.97 Å². The van der Waals surface area contributed by atoms with Crippen LogP contribution in [-0.2, 0) is 26.0 Å². The molecule has 8 nitrogen and oxygen atoms in total. The first-order valence-corrected chi connectivity index (χ1v) is 12.3. The predicted molar refractivity (Wildman–Crippen MR) is 131 cm³/mol. The molecule has 35 heavy (non-hydrogen) atoms. The minimum atomic E-state index is -4.25. The second kappa shape index (κ2) is 9.94. The van der Waals surface area contributed by atoms with E-state index in [0.717, 1.165) is 21.7 Å². The highest BCUT2D eigenvalue weighted by Crippen LogP contribution is 2.36. The van der Waals surface area contributed by atoms with Gasteiger partial charge in [-0.05, 0) is 36.2 Å². The number of non-ortho nitro benzene ring substituents is 1. The third-order valence-corrected chi connectivity index (χ3v) is 7.18. The Morgan fingerprint density at radius 2 is 1.49 bits per heavy atom. The van der Waals surface area contributed by atoms with Crippen molar-refractivity contribution in [3.05, 3.63) is 107 Å². The van der Waals surface area contributed by atoms with E-state index < -0.39 is 20.9 Å². The molecule has 0 saturated carbocycles. The summed E-state index contributed by atoms with van der Waals surface area (Å²) in [6, 6.07) is 24.5. The van der Waals surface area contributed by atoms with Crippen LogP contribution in [0.15, 0.2) is 95.9 Å². The Kier molecular flexibility index (Phi) is 6.79. The Labute approximate surface area is 202 Å². The number of rotatable bonds is 8. The SMILES string of the molecule is CCOC(=O)Cc1c(-c2ccccc2)cc(-c2ccccc2)n1S(=O)(=O)c1ccc([N+](=O)[O-])cc1. The lowest BCUT2D eigenvalue weighted by atomic mass is 10.0. The Morgan fingerprint density at radius 3 is 2.03 bits per heavy atom. The molecule has 0 saturated heterocycles. The lowest BCUT2D eigenvalue weighted by molar-refractivity contribution is -0.384. The zero-order valence-electron chi connectivity index (χ0n) is 18.8. The van der Waals surface area contributed by atoms with E-state index in [1.54, 1.807) is 37.3 Å². The third kappa shape index (κ3) is 4.85. The maximum absolute atomic E-state index is 14.0. The fourth-order valence-corrected chi connectivity index (χ4v) is 5.41. The maximum Gasteiger partial charge on any atom is 0.311 e. The van der Waals surface area contributed by atoms with Crippen molar-refractivity contribution < 1.29 is 22.9 Å². The molecular formula is C26H22N2O6S. The first kappa shape index (κ1) is 23.9. The van der Waals surface area contributed by atoms with Crippen LogP contribution in [0.4, 0.5) is 5.69 Å². The van der Waals surface area contributed by atoms with Gasteiger partial charge in [-0.15, -0.1) is 0 Å². The van der Waals surface area contributed by atoms with Crippen molar-refractivity contribution in [1.29, 1.82) is 0 Å². The number of hydrogen-bond donors (Lipinski definition) is 0. The van der Waals surface area contributed by atoms with Crippen LogP contribution in [0.25, 0.3) is 22.4 Å². The summed E-state index contributed by atoms with van der Waals surface area (Å²) in [5, 5.41) is 11.1. The Bertz CT molecular complexity index is 1460. The number of nitrogens with zero attached hydrogens (tertiary/aromatic N) is 2. The molecule has 4 aromatic rings. The van der Waals surface area contributed by atoms with Gasteiger partial charge in [0.15, 0.2) is 0 Å². The molecule has 0 aliphatic rings. The third-order valence-electron chi connectivity index (χ3n) is 5.41. The monoisotopic (exact) mass is 490 g/mol. The van der Waals surface area contributed by atoms with Crippen LogP contribution in [-0.4, -0.2) is 29.9 Å². The summed E-state index contributed by atoms with van der Waals surface area (Å²) in [5.41, 5.74) is 2.32. The summed E-state index contributed by atoms with van der Waals surface area (Å²) >= 11 is 0. The van der Waals surface area contributed by atoms with Crippen molar-refractivity contribution in [3.8, 4) is 22.4 Å². The number of carbonyl (C=O) groups is 1.